The zero-order valence-corrected chi connectivity index (χ0v) is 18.8. The van der Waals surface area contributed by atoms with Gasteiger partial charge in [0.25, 0.3) is 0 Å². The van der Waals surface area contributed by atoms with Gasteiger partial charge in [-0.05, 0) is 69.2 Å². The normalized spacial score (nSPS) is 25.7. The molecule has 0 radical (unpaired) electrons. The largest absolute Gasteiger partial charge is 0.497 e. The van der Waals surface area contributed by atoms with E-state index in [0.29, 0.717) is 18.4 Å². The quantitative estimate of drug-likeness (QED) is 0.666. The topological polar surface area (TPSA) is 59.1 Å². The monoisotopic (exact) mass is 416 g/mol. The van der Waals surface area contributed by atoms with Gasteiger partial charge in [-0.1, -0.05) is 12.1 Å². The van der Waals surface area contributed by atoms with Crippen LogP contribution in [0, 0.1) is 17.8 Å². The number of piperidine rings is 2. The van der Waals surface area contributed by atoms with Gasteiger partial charge in [0.05, 0.1) is 19.6 Å². The average molecular weight is 417 g/mol. The highest BCUT2D eigenvalue weighted by atomic mass is 16.5. The van der Waals surface area contributed by atoms with Crippen molar-refractivity contribution in [2.45, 2.75) is 52.6 Å². The van der Waals surface area contributed by atoms with E-state index >= 15 is 0 Å². The summed E-state index contributed by atoms with van der Waals surface area (Å²) >= 11 is 0. The van der Waals surface area contributed by atoms with Crippen LogP contribution in [-0.2, 0) is 20.9 Å². The van der Waals surface area contributed by atoms with Gasteiger partial charge >= 0.3 is 5.97 Å². The number of hydrogen-bond donors (Lipinski definition) is 0. The first-order valence-corrected chi connectivity index (χ1v) is 11.2. The summed E-state index contributed by atoms with van der Waals surface area (Å²) in [5.74, 6) is 1.61. The van der Waals surface area contributed by atoms with Crippen molar-refractivity contribution in [3.8, 4) is 5.75 Å². The molecule has 0 aromatic heterocycles. The minimum Gasteiger partial charge on any atom is -0.497 e. The molecule has 6 nitrogen and oxygen atoms in total. The molecule has 166 valence electrons. The molecule has 2 saturated heterocycles. The van der Waals surface area contributed by atoms with Gasteiger partial charge < -0.3 is 14.4 Å². The number of ether oxygens (including phenoxy) is 2. The van der Waals surface area contributed by atoms with E-state index < -0.39 is 0 Å². The van der Waals surface area contributed by atoms with E-state index in [4.69, 9.17) is 9.47 Å². The van der Waals surface area contributed by atoms with Crippen LogP contribution in [0.5, 0.6) is 5.75 Å². The highest BCUT2D eigenvalue weighted by Gasteiger charge is 2.44. The molecule has 2 fully saturated rings. The van der Waals surface area contributed by atoms with Crippen molar-refractivity contribution in [1.29, 1.82) is 0 Å². The van der Waals surface area contributed by atoms with Gasteiger partial charge in [0, 0.05) is 32.6 Å². The van der Waals surface area contributed by atoms with Crippen LogP contribution in [0.4, 0.5) is 0 Å². The second kappa shape index (κ2) is 10.3. The Balaban J connectivity index is 1.71. The van der Waals surface area contributed by atoms with E-state index in [1.54, 1.807) is 14.0 Å². The summed E-state index contributed by atoms with van der Waals surface area (Å²) < 4.78 is 10.8. The van der Waals surface area contributed by atoms with E-state index in [9.17, 15) is 9.59 Å². The van der Waals surface area contributed by atoms with Gasteiger partial charge in [0.1, 0.15) is 5.75 Å². The number of likely N-dealkylation sites (tertiary alicyclic amines) is 2. The molecule has 3 atom stereocenters. The van der Waals surface area contributed by atoms with Gasteiger partial charge in [-0.3, -0.25) is 14.5 Å². The number of benzene rings is 1. The summed E-state index contributed by atoms with van der Waals surface area (Å²) in [5.41, 5.74) is 1.22. The predicted octanol–water partition coefficient (Wildman–Crippen LogP) is 3.34. The lowest BCUT2D eigenvalue weighted by molar-refractivity contribution is -0.158. The van der Waals surface area contributed by atoms with Crippen LogP contribution in [0.25, 0.3) is 0 Å². The first-order valence-electron chi connectivity index (χ1n) is 11.2. The molecule has 2 aliphatic rings. The fourth-order valence-corrected chi connectivity index (χ4v) is 5.25. The van der Waals surface area contributed by atoms with Crippen molar-refractivity contribution in [2.75, 3.05) is 33.4 Å². The highest BCUT2D eigenvalue weighted by molar-refractivity contribution is 5.74. The number of rotatable bonds is 6. The lowest BCUT2D eigenvalue weighted by Gasteiger charge is -2.47. The van der Waals surface area contributed by atoms with Gasteiger partial charge in [-0.2, -0.15) is 0 Å². The maximum Gasteiger partial charge on any atom is 0.310 e. The van der Waals surface area contributed by atoms with E-state index in [1.807, 2.05) is 24.0 Å². The maximum atomic E-state index is 13.0. The van der Waals surface area contributed by atoms with Crippen LogP contribution in [-0.4, -0.2) is 61.1 Å². The molecule has 0 spiro atoms. The molecule has 0 aliphatic carbocycles. The average Bonchev–Trinajstić information content (AvgIpc) is 2.75. The fourth-order valence-electron chi connectivity index (χ4n) is 5.25. The summed E-state index contributed by atoms with van der Waals surface area (Å²) in [4.78, 5) is 29.0. The molecule has 30 heavy (non-hydrogen) atoms. The SMILES string of the molecule is CCOC(=O)[C@H]1[C@@H](C)N(Cc2ccc(OC)cc2)CC[C@H]1C1CCN(C(C)=O)CC1. The standard InChI is InChI=1S/C24H36N2O4/c1-5-30-24(28)23-17(2)26(16-19-6-8-21(29-4)9-7-19)15-12-22(23)20-10-13-25(14-11-20)18(3)27/h6-9,17,20,22-23H,5,10-16H2,1-4H3/t17-,22+,23+/m1/s1. The second-order valence-electron chi connectivity index (χ2n) is 8.63. The second-order valence-corrected chi connectivity index (χ2v) is 8.63. The van der Waals surface area contributed by atoms with Crippen LogP contribution >= 0.6 is 0 Å². The van der Waals surface area contributed by atoms with Crippen LogP contribution in [0.2, 0.25) is 0 Å². The lowest BCUT2D eigenvalue weighted by atomic mass is 9.70. The van der Waals surface area contributed by atoms with Crippen molar-refractivity contribution in [3.63, 3.8) is 0 Å². The Bertz CT molecular complexity index is 712. The van der Waals surface area contributed by atoms with E-state index in [-0.39, 0.29) is 23.8 Å². The zero-order chi connectivity index (χ0) is 21.7. The molecule has 0 unspecified atom stereocenters. The molecule has 0 bridgehead atoms. The Kier molecular flexibility index (Phi) is 7.75. The Morgan fingerprint density at radius 3 is 2.30 bits per heavy atom. The third kappa shape index (κ3) is 5.15. The maximum absolute atomic E-state index is 13.0. The molecule has 0 saturated carbocycles. The first kappa shape index (κ1) is 22.6. The number of methoxy groups -OCH3 is 1. The summed E-state index contributed by atoms with van der Waals surface area (Å²) in [5, 5.41) is 0. The predicted molar refractivity (Wildman–Crippen MR) is 116 cm³/mol. The van der Waals surface area contributed by atoms with E-state index in [1.165, 1.54) is 5.56 Å². The number of carbonyl (C=O) groups excluding carboxylic acids is 2. The van der Waals surface area contributed by atoms with Crippen LogP contribution in [0.3, 0.4) is 0 Å². The van der Waals surface area contributed by atoms with E-state index in [0.717, 1.165) is 51.2 Å². The Morgan fingerprint density at radius 2 is 1.73 bits per heavy atom. The number of esters is 1. The number of carbonyl (C=O) groups is 2. The molecule has 1 aromatic carbocycles. The Hall–Kier alpha value is -2.08. The van der Waals surface area contributed by atoms with Crippen LogP contribution in [0.15, 0.2) is 24.3 Å². The Labute approximate surface area is 180 Å². The first-order chi connectivity index (χ1) is 14.4. The zero-order valence-electron chi connectivity index (χ0n) is 18.8. The smallest absolute Gasteiger partial charge is 0.310 e. The number of nitrogens with zero attached hydrogens (tertiary/aromatic N) is 2. The van der Waals surface area contributed by atoms with Gasteiger partial charge in [0.2, 0.25) is 5.91 Å². The lowest BCUT2D eigenvalue weighted by Crippen LogP contribution is -2.53. The third-order valence-corrected chi connectivity index (χ3v) is 7.00. The van der Waals surface area contributed by atoms with Crippen molar-refractivity contribution < 1.29 is 19.1 Å². The Morgan fingerprint density at radius 1 is 1.07 bits per heavy atom. The number of amides is 1. The molecule has 3 rings (SSSR count). The van der Waals surface area contributed by atoms with Crippen molar-refractivity contribution in [3.05, 3.63) is 29.8 Å². The molecule has 2 aliphatic heterocycles. The summed E-state index contributed by atoms with van der Waals surface area (Å²) in [7, 11) is 1.67. The molecule has 1 amide bonds. The fraction of sp³-hybridized carbons (Fsp3) is 0.667. The van der Waals surface area contributed by atoms with Gasteiger partial charge in [0.15, 0.2) is 0 Å². The molecule has 2 heterocycles. The minimum absolute atomic E-state index is 0.0663. The van der Waals surface area contributed by atoms with Crippen molar-refractivity contribution >= 4 is 11.9 Å². The van der Waals surface area contributed by atoms with E-state index in [2.05, 4.69) is 24.0 Å². The van der Waals surface area contributed by atoms with Crippen LogP contribution < -0.4 is 4.74 Å². The molecule has 1 aromatic rings. The van der Waals surface area contributed by atoms with Crippen molar-refractivity contribution in [1.82, 2.24) is 9.80 Å². The van der Waals surface area contributed by atoms with Gasteiger partial charge in [-0.15, -0.1) is 0 Å². The summed E-state index contributed by atoms with van der Waals surface area (Å²) in [6.07, 6.45) is 2.95. The molecular formula is C24H36N2O4. The number of hydrogen-bond acceptors (Lipinski definition) is 5. The van der Waals surface area contributed by atoms with Crippen LogP contribution in [0.1, 0.15) is 45.6 Å². The van der Waals surface area contributed by atoms with Gasteiger partial charge in [-0.25, -0.2) is 0 Å². The molecule has 0 N–H and O–H groups in total. The van der Waals surface area contributed by atoms with Crippen molar-refractivity contribution in [2.24, 2.45) is 17.8 Å². The molecular weight excluding hydrogens is 380 g/mol. The summed E-state index contributed by atoms with van der Waals surface area (Å²) in [6.45, 7) is 9.49. The minimum atomic E-state index is -0.120. The third-order valence-electron chi connectivity index (χ3n) is 7.00. The summed E-state index contributed by atoms with van der Waals surface area (Å²) in [6, 6.07) is 8.27. The highest BCUT2D eigenvalue weighted by Crippen LogP contribution is 2.40. The molecule has 6 heteroatoms.